The van der Waals surface area contributed by atoms with E-state index in [4.69, 9.17) is 12.2 Å². The molecule has 2 rings (SSSR count). The number of amides is 1. The maximum absolute atomic E-state index is 11.4. The fourth-order valence-corrected chi connectivity index (χ4v) is 1.46. The molecule has 0 saturated carbocycles. The number of terminal acetylenes is 1. The summed E-state index contributed by atoms with van der Waals surface area (Å²) < 4.78 is 0.995. The predicted octanol–water partition coefficient (Wildman–Crippen LogP) is 0.409. The number of benzene rings is 1. The summed E-state index contributed by atoms with van der Waals surface area (Å²) >= 11 is 0. The third-order valence-electron chi connectivity index (χ3n) is 2.14. The average Bonchev–Trinajstić information content (AvgIpc) is 2.67. The van der Waals surface area contributed by atoms with Gasteiger partial charge in [0.1, 0.15) is 0 Å². The highest BCUT2D eigenvalue weighted by Crippen LogP contribution is 2.17. The zero-order valence-electron chi connectivity index (χ0n) is 8.18. The molecule has 0 atom stereocenters. The number of rotatable bonds is 1. The summed E-state index contributed by atoms with van der Waals surface area (Å²) in [5.74, 6) is 0.605. The number of carbonyl (C=O) groups is 2. The Hall–Kier alpha value is -2.61. The zero-order chi connectivity index (χ0) is 11.7. The number of nitrogens with zero attached hydrogens (tertiary/aromatic N) is 2. The zero-order valence-corrected chi connectivity index (χ0v) is 8.18. The first-order chi connectivity index (χ1) is 7.65. The van der Waals surface area contributed by atoms with E-state index in [0.29, 0.717) is 10.9 Å². The normalized spacial score (nSPS) is 9.94. The van der Waals surface area contributed by atoms with Gasteiger partial charge in [0.25, 0.3) is 5.91 Å². The Morgan fingerprint density at radius 3 is 2.69 bits per heavy atom. The third kappa shape index (κ3) is 1.33. The van der Waals surface area contributed by atoms with Gasteiger partial charge in [-0.2, -0.15) is 9.78 Å². The third-order valence-corrected chi connectivity index (χ3v) is 2.14. The quantitative estimate of drug-likeness (QED) is 0.697. The molecule has 0 fully saturated rings. The number of primary amides is 1. The van der Waals surface area contributed by atoms with Crippen molar-refractivity contribution in [1.29, 1.82) is 0 Å². The van der Waals surface area contributed by atoms with Crippen LogP contribution in [0.3, 0.4) is 0 Å². The molecule has 78 valence electrons. The smallest absolute Gasteiger partial charge is 0.323 e. The highest BCUT2D eigenvalue weighted by molar-refractivity contribution is 6.08. The molecule has 5 heteroatoms. The summed E-state index contributed by atoms with van der Waals surface area (Å²) in [6, 6.07) is 6.74. The Kier molecular flexibility index (Phi) is 2.18. The van der Waals surface area contributed by atoms with Gasteiger partial charge in [-0.3, -0.25) is 9.59 Å². The van der Waals surface area contributed by atoms with Gasteiger partial charge in [0.05, 0.1) is 5.52 Å². The van der Waals surface area contributed by atoms with E-state index < -0.39 is 11.8 Å². The number of para-hydroxylation sites is 1. The fraction of sp³-hybridized carbons (Fsp3) is 0. The second-order valence-electron chi connectivity index (χ2n) is 3.09. The van der Waals surface area contributed by atoms with Gasteiger partial charge >= 0.3 is 5.91 Å². The molecule has 0 radical (unpaired) electrons. The van der Waals surface area contributed by atoms with Crippen molar-refractivity contribution in [2.24, 2.45) is 5.73 Å². The number of hydrogen-bond donors (Lipinski definition) is 1. The van der Waals surface area contributed by atoms with Crippen molar-refractivity contribution in [3.63, 3.8) is 0 Å². The fourth-order valence-electron chi connectivity index (χ4n) is 1.46. The molecule has 2 aromatic rings. The minimum Gasteiger partial charge on any atom is -0.364 e. The molecular weight excluding hydrogens is 206 g/mol. The Balaban J connectivity index is 2.83. The van der Waals surface area contributed by atoms with E-state index in [-0.39, 0.29) is 5.69 Å². The van der Waals surface area contributed by atoms with Crippen LogP contribution in [0.4, 0.5) is 0 Å². The van der Waals surface area contributed by atoms with Crippen molar-refractivity contribution in [1.82, 2.24) is 9.78 Å². The molecule has 1 amide bonds. The maximum Gasteiger partial charge on any atom is 0.323 e. The van der Waals surface area contributed by atoms with E-state index >= 15 is 0 Å². The molecule has 2 N–H and O–H groups in total. The topological polar surface area (TPSA) is 78.0 Å². The number of fused-ring (bicyclic) bond motifs is 1. The number of carbonyl (C=O) groups excluding carboxylic acids is 2. The lowest BCUT2D eigenvalue weighted by molar-refractivity contribution is 0.0967. The summed E-state index contributed by atoms with van der Waals surface area (Å²) in [6.45, 7) is 0. The monoisotopic (exact) mass is 213 g/mol. The van der Waals surface area contributed by atoms with Crippen molar-refractivity contribution in [3.05, 3.63) is 30.0 Å². The molecule has 1 aromatic carbocycles. The van der Waals surface area contributed by atoms with Gasteiger partial charge in [0, 0.05) is 5.39 Å². The van der Waals surface area contributed by atoms with Crippen molar-refractivity contribution < 1.29 is 9.59 Å². The van der Waals surface area contributed by atoms with Crippen LogP contribution in [0, 0.1) is 12.3 Å². The number of aromatic nitrogens is 2. The minimum absolute atomic E-state index is 0.0409. The van der Waals surface area contributed by atoms with Crippen molar-refractivity contribution in [3.8, 4) is 12.3 Å². The SMILES string of the molecule is C#CC(=O)n1nc(C(N)=O)c2ccccc21. The average molecular weight is 213 g/mol. The molecule has 16 heavy (non-hydrogen) atoms. The predicted molar refractivity (Wildman–Crippen MR) is 57.7 cm³/mol. The van der Waals surface area contributed by atoms with Gasteiger partial charge in [0.2, 0.25) is 0 Å². The van der Waals surface area contributed by atoms with Crippen LogP contribution in [0.15, 0.2) is 24.3 Å². The standard InChI is InChI=1S/C11H7N3O2/c1-2-9(15)14-8-6-4-3-5-7(8)10(13-14)11(12)16/h1,3-6H,(H2,12,16). The molecule has 5 nitrogen and oxygen atoms in total. The van der Waals surface area contributed by atoms with Crippen LogP contribution in [0.5, 0.6) is 0 Å². The minimum atomic E-state index is -0.695. The lowest BCUT2D eigenvalue weighted by Gasteiger charge is -1.93. The largest absolute Gasteiger partial charge is 0.364 e. The van der Waals surface area contributed by atoms with Gasteiger partial charge in [0.15, 0.2) is 5.69 Å². The first-order valence-electron chi connectivity index (χ1n) is 4.43. The molecule has 0 bridgehead atoms. The van der Waals surface area contributed by atoms with E-state index in [9.17, 15) is 9.59 Å². The van der Waals surface area contributed by atoms with Crippen molar-refractivity contribution >= 4 is 22.7 Å². The molecule has 0 saturated heterocycles. The molecule has 1 heterocycles. The highest BCUT2D eigenvalue weighted by Gasteiger charge is 2.16. The van der Waals surface area contributed by atoms with Gasteiger partial charge in [-0.25, -0.2) is 0 Å². The Labute approximate surface area is 90.8 Å². The first kappa shape index (κ1) is 9.93. The lowest BCUT2D eigenvalue weighted by atomic mass is 10.2. The molecule has 0 aliphatic rings. The Bertz CT molecular complexity index is 634. The second kappa shape index (κ2) is 3.51. The Morgan fingerprint density at radius 2 is 2.06 bits per heavy atom. The second-order valence-corrected chi connectivity index (χ2v) is 3.09. The summed E-state index contributed by atoms with van der Waals surface area (Å²) in [4.78, 5) is 22.5. The van der Waals surface area contributed by atoms with Gasteiger partial charge < -0.3 is 5.73 Å². The summed E-state index contributed by atoms with van der Waals surface area (Å²) in [5.41, 5.74) is 5.67. The molecule has 0 aliphatic heterocycles. The molecular formula is C11H7N3O2. The van der Waals surface area contributed by atoms with Crippen molar-refractivity contribution in [2.75, 3.05) is 0 Å². The summed E-state index contributed by atoms with van der Waals surface area (Å²) in [5, 5.41) is 4.32. The maximum atomic E-state index is 11.4. The highest BCUT2D eigenvalue weighted by atomic mass is 16.2. The first-order valence-corrected chi connectivity index (χ1v) is 4.43. The van der Waals surface area contributed by atoms with Gasteiger partial charge in [-0.15, -0.1) is 6.42 Å². The number of nitrogens with two attached hydrogens (primary N) is 1. The van der Waals surface area contributed by atoms with E-state index in [1.165, 1.54) is 0 Å². The molecule has 0 aliphatic carbocycles. The molecule has 0 unspecified atom stereocenters. The summed E-state index contributed by atoms with van der Waals surface area (Å²) in [7, 11) is 0. The van der Waals surface area contributed by atoms with Crippen LogP contribution >= 0.6 is 0 Å². The summed E-state index contributed by atoms with van der Waals surface area (Å²) in [6.07, 6.45) is 5.00. The van der Waals surface area contributed by atoms with Gasteiger partial charge in [-0.1, -0.05) is 18.2 Å². The van der Waals surface area contributed by atoms with Crippen LogP contribution in [0.1, 0.15) is 15.3 Å². The van der Waals surface area contributed by atoms with Gasteiger partial charge in [-0.05, 0) is 12.0 Å². The van der Waals surface area contributed by atoms with E-state index in [1.54, 1.807) is 24.3 Å². The van der Waals surface area contributed by atoms with Crippen LogP contribution in [-0.2, 0) is 0 Å². The van der Waals surface area contributed by atoms with Crippen LogP contribution in [-0.4, -0.2) is 21.6 Å². The van der Waals surface area contributed by atoms with Crippen LogP contribution in [0.2, 0.25) is 0 Å². The van der Waals surface area contributed by atoms with E-state index in [2.05, 4.69) is 5.10 Å². The van der Waals surface area contributed by atoms with Crippen LogP contribution < -0.4 is 5.73 Å². The van der Waals surface area contributed by atoms with Crippen LogP contribution in [0.25, 0.3) is 10.9 Å². The van der Waals surface area contributed by atoms with E-state index in [0.717, 1.165) is 4.68 Å². The van der Waals surface area contributed by atoms with E-state index in [1.807, 2.05) is 5.92 Å². The van der Waals surface area contributed by atoms with Crippen molar-refractivity contribution in [2.45, 2.75) is 0 Å². The molecule has 1 aromatic heterocycles. The lowest BCUT2D eigenvalue weighted by Crippen LogP contribution is -2.15. The molecule has 0 spiro atoms. The number of hydrogen-bond acceptors (Lipinski definition) is 3. The Morgan fingerprint density at radius 1 is 1.38 bits per heavy atom.